The van der Waals surface area contributed by atoms with Crippen molar-refractivity contribution < 1.29 is 13.9 Å². The molecule has 2 aliphatic rings. The van der Waals surface area contributed by atoms with E-state index in [1.807, 2.05) is 10.9 Å². The number of aromatic nitrogens is 2. The molecule has 7 nitrogen and oxygen atoms in total. The first-order chi connectivity index (χ1) is 11.5. The Morgan fingerprint density at radius 1 is 1.38 bits per heavy atom. The third-order valence-electron chi connectivity index (χ3n) is 4.56. The van der Waals surface area contributed by atoms with Crippen molar-refractivity contribution in [1.82, 2.24) is 19.6 Å². The second-order valence-corrected chi connectivity index (χ2v) is 6.79. The van der Waals surface area contributed by atoms with Gasteiger partial charge in [0.05, 0.1) is 26.3 Å². The smallest absolute Gasteiger partial charge is 0.323 e. The number of carbonyl (C=O) groups excluding carboxylic acids is 1. The minimum atomic E-state index is -1.30. The van der Waals surface area contributed by atoms with Crippen LogP contribution in [0.25, 0.3) is 0 Å². The van der Waals surface area contributed by atoms with Gasteiger partial charge < -0.3 is 9.64 Å². The van der Waals surface area contributed by atoms with Crippen LogP contribution in [0, 0.1) is 0 Å². The molecule has 2 fully saturated rings. The number of rotatable bonds is 4. The standard InChI is InChI=1S/C16H26FN5O2/c1-16(17)4-2-5-21(13-16)15(23)18-14-3-6-22(19-14)8-7-20-9-11-24-12-10-20/h3,6H,2,4-5,7-13H2,1H3,(H,18,19,23)/t16-/m1/s1. The maximum absolute atomic E-state index is 14.0. The van der Waals surface area contributed by atoms with E-state index in [0.717, 1.165) is 39.4 Å². The number of piperidine rings is 1. The Morgan fingerprint density at radius 3 is 2.92 bits per heavy atom. The van der Waals surface area contributed by atoms with Crippen LogP contribution in [-0.2, 0) is 11.3 Å². The summed E-state index contributed by atoms with van der Waals surface area (Å²) in [6, 6.07) is 1.49. The zero-order chi connectivity index (χ0) is 17.0. The molecule has 134 valence electrons. The summed E-state index contributed by atoms with van der Waals surface area (Å²) < 4.78 is 21.2. The Kier molecular flexibility index (Phi) is 5.35. The van der Waals surface area contributed by atoms with Gasteiger partial charge in [0, 0.05) is 38.4 Å². The molecule has 0 spiro atoms. The minimum Gasteiger partial charge on any atom is -0.379 e. The molecule has 1 aromatic heterocycles. The van der Waals surface area contributed by atoms with E-state index in [0.29, 0.717) is 25.2 Å². The van der Waals surface area contributed by atoms with Crippen LogP contribution in [0.5, 0.6) is 0 Å². The van der Waals surface area contributed by atoms with Crippen LogP contribution in [0.2, 0.25) is 0 Å². The molecule has 8 heteroatoms. The lowest BCUT2D eigenvalue weighted by atomic mass is 9.97. The van der Waals surface area contributed by atoms with E-state index in [4.69, 9.17) is 4.74 Å². The van der Waals surface area contributed by atoms with Gasteiger partial charge in [-0.25, -0.2) is 9.18 Å². The second-order valence-electron chi connectivity index (χ2n) is 6.79. The van der Waals surface area contributed by atoms with Gasteiger partial charge in [-0.2, -0.15) is 5.10 Å². The van der Waals surface area contributed by atoms with Gasteiger partial charge in [-0.05, 0) is 19.8 Å². The molecule has 3 heterocycles. The summed E-state index contributed by atoms with van der Waals surface area (Å²) in [5.41, 5.74) is -1.30. The number of hydrogen-bond donors (Lipinski definition) is 1. The second kappa shape index (κ2) is 7.48. The number of anilines is 1. The minimum absolute atomic E-state index is 0.135. The highest BCUT2D eigenvalue weighted by atomic mass is 19.1. The van der Waals surface area contributed by atoms with Gasteiger partial charge in [0.25, 0.3) is 0 Å². The van der Waals surface area contributed by atoms with Crippen molar-refractivity contribution in [3.8, 4) is 0 Å². The van der Waals surface area contributed by atoms with Crippen LogP contribution >= 0.6 is 0 Å². The van der Waals surface area contributed by atoms with Crippen LogP contribution in [0.1, 0.15) is 19.8 Å². The molecule has 1 aromatic rings. The van der Waals surface area contributed by atoms with Crippen molar-refractivity contribution in [2.24, 2.45) is 0 Å². The maximum Gasteiger partial charge on any atom is 0.323 e. The molecule has 24 heavy (non-hydrogen) atoms. The lowest BCUT2D eigenvalue weighted by molar-refractivity contribution is 0.0360. The van der Waals surface area contributed by atoms with E-state index in [9.17, 15) is 9.18 Å². The molecule has 0 aromatic carbocycles. The summed E-state index contributed by atoms with van der Waals surface area (Å²) in [5, 5.41) is 7.13. The number of amides is 2. The molecule has 2 amide bonds. The summed E-state index contributed by atoms with van der Waals surface area (Å²) in [4.78, 5) is 16.1. The van der Waals surface area contributed by atoms with Crippen LogP contribution < -0.4 is 5.32 Å². The highest BCUT2D eigenvalue weighted by Crippen LogP contribution is 2.24. The number of alkyl halides is 1. The number of nitrogens with zero attached hydrogens (tertiary/aromatic N) is 4. The van der Waals surface area contributed by atoms with Gasteiger partial charge in [-0.3, -0.25) is 14.9 Å². The largest absolute Gasteiger partial charge is 0.379 e. The summed E-state index contributed by atoms with van der Waals surface area (Å²) in [6.07, 6.45) is 3.05. The van der Waals surface area contributed by atoms with Crippen molar-refractivity contribution in [2.75, 3.05) is 51.3 Å². The summed E-state index contributed by atoms with van der Waals surface area (Å²) in [7, 11) is 0. The Bertz CT molecular complexity index is 556. The first kappa shape index (κ1) is 17.2. The number of likely N-dealkylation sites (tertiary alicyclic amines) is 1. The number of morpholine rings is 1. The highest BCUT2D eigenvalue weighted by molar-refractivity contribution is 5.88. The normalized spacial score (nSPS) is 25.7. The van der Waals surface area contributed by atoms with Crippen LogP contribution in [0.3, 0.4) is 0 Å². The third-order valence-corrected chi connectivity index (χ3v) is 4.56. The molecule has 3 rings (SSSR count). The van der Waals surface area contributed by atoms with Crippen molar-refractivity contribution in [2.45, 2.75) is 32.0 Å². The van der Waals surface area contributed by atoms with E-state index in [1.54, 1.807) is 13.0 Å². The van der Waals surface area contributed by atoms with E-state index >= 15 is 0 Å². The topological polar surface area (TPSA) is 62.6 Å². The summed E-state index contributed by atoms with van der Waals surface area (Å²) >= 11 is 0. The molecular formula is C16H26FN5O2. The molecule has 0 unspecified atom stereocenters. The van der Waals surface area contributed by atoms with Crippen molar-refractivity contribution in [3.05, 3.63) is 12.3 Å². The number of halogens is 1. The SMILES string of the molecule is C[C@@]1(F)CCCN(C(=O)Nc2ccn(CCN3CCOCC3)n2)C1. The maximum atomic E-state index is 14.0. The summed E-state index contributed by atoms with van der Waals surface area (Å²) in [5.74, 6) is 0.508. The number of urea groups is 1. The molecule has 0 radical (unpaired) electrons. The highest BCUT2D eigenvalue weighted by Gasteiger charge is 2.33. The van der Waals surface area contributed by atoms with Crippen molar-refractivity contribution in [1.29, 1.82) is 0 Å². The molecule has 1 atom stereocenters. The van der Waals surface area contributed by atoms with Crippen LogP contribution in [0.15, 0.2) is 12.3 Å². The molecular weight excluding hydrogens is 313 g/mol. The average molecular weight is 339 g/mol. The summed E-state index contributed by atoms with van der Waals surface area (Å²) in [6.45, 7) is 7.40. The first-order valence-electron chi connectivity index (χ1n) is 8.60. The monoisotopic (exact) mass is 339 g/mol. The average Bonchev–Trinajstić information content (AvgIpc) is 3.00. The zero-order valence-corrected chi connectivity index (χ0v) is 14.2. The lowest BCUT2D eigenvalue weighted by Crippen LogP contribution is -2.48. The Labute approximate surface area is 141 Å². The van der Waals surface area contributed by atoms with Gasteiger partial charge in [0.15, 0.2) is 5.82 Å². The number of hydrogen-bond acceptors (Lipinski definition) is 4. The Morgan fingerprint density at radius 2 is 2.17 bits per heavy atom. The molecule has 0 aliphatic carbocycles. The predicted molar refractivity (Wildman–Crippen MR) is 88.8 cm³/mol. The number of ether oxygens (including phenoxy) is 1. The predicted octanol–water partition coefficient (Wildman–Crippen LogP) is 1.57. The fourth-order valence-corrected chi connectivity index (χ4v) is 3.18. The van der Waals surface area contributed by atoms with Gasteiger partial charge >= 0.3 is 6.03 Å². The van der Waals surface area contributed by atoms with Crippen LogP contribution in [0.4, 0.5) is 15.0 Å². The number of carbonyl (C=O) groups is 1. The Hall–Kier alpha value is -1.67. The van der Waals surface area contributed by atoms with Gasteiger partial charge in [-0.15, -0.1) is 0 Å². The quantitative estimate of drug-likeness (QED) is 0.904. The van der Waals surface area contributed by atoms with Gasteiger partial charge in [0.2, 0.25) is 0 Å². The molecule has 0 saturated carbocycles. The Balaban J connectivity index is 1.47. The van der Waals surface area contributed by atoms with E-state index in [-0.39, 0.29) is 12.6 Å². The number of nitrogens with one attached hydrogen (secondary N) is 1. The van der Waals surface area contributed by atoms with Gasteiger partial charge in [0.1, 0.15) is 5.67 Å². The molecule has 2 aliphatic heterocycles. The first-order valence-corrected chi connectivity index (χ1v) is 8.60. The molecule has 2 saturated heterocycles. The fraction of sp³-hybridized carbons (Fsp3) is 0.750. The zero-order valence-electron chi connectivity index (χ0n) is 14.2. The fourth-order valence-electron chi connectivity index (χ4n) is 3.18. The van der Waals surface area contributed by atoms with Crippen molar-refractivity contribution >= 4 is 11.8 Å². The van der Waals surface area contributed by atoms with Crippen molar-refractivity contribution in [3.63, 3.8) is 0 Å². The lowest BCUT2D eigenvalue weighted by Gasteiger charge is -2.34. The molecule has 1 N–H and O–H groups in total. The third kappa shape index (κ3) is 4.67. The van der Waals surface area contributed by atoms with E-state index in [1.165, 1.54) is 4.90 Å². The van der Waals surface area contributed by atoms with Crippen LogP contribution in [-0.4, -0.2) is 77.2 Å². The molecule has 0 bridgehead atoms. The van der Waals surface area contributed by atoms with E-state index < -0.39 is 5.67 Å². The van der Waals surface area contributed by atoms with E-state index in [2.05, 4.69) is 15.3 Å². The van der Waals surface area contributed by atoms with Gasteiger partial charge in [-0.1, -0.05) is 0 Å².